The smallest absolute Gasteiger partial charge is 0.0739 e. The Hall–Kier alpha value is 0. The summed E-state index contributed by atoms with van der Waals surface area (Å²) in [5, 5.41) is 7.88. The summed E-state index contributed by atoms with van der Waals surface area (Å²) in [5.41, 5.74) is 2.29. The van der Waals surface area contributed by atoms with Crippen LogP contribution in [0.1, 0.15) is 37.1 Å². The van der Waals surface area contributed by atoms with Gasteiger partial charge >= 0.3 is 0 Å². The van der Waals surface area contributed by atoms with Crippen LogP contribution in [0.2, 0.25) is 0 Å². The molecule has 0 aromatic carbocycles. The molecule has 0 aliphatic rings. The highest BCUT2D eigenvalue weighted by Gasteiger charge is 2.09. The topological polar surface area (TPSA) is 29.9 Å². The van der Waals surface area contributed by atoms with Crippen molar-refractivity contribution in [3.05, 3.63) is 15.9 Å². The van der Waals surface area contributed by atoms with Crippen molar-refractivity contribution >= 4 is 27.7 Å². The number of rotatable bonds is 9. The molecule has 0 aliphatic heterocycles. The minimum atomic E-state index is 0.892. The number of unbranched alkanes of at least 4 members (excludes halogenated alkanes) is 3. The summed E-state index contributed by atoms with van der Waals surface area (Å²) in [6.45, 7) is 4.01. The first kappa shape index (κ1) is 16.1. The summed E-state index contributed by atoms with van der Waals surface area (Å²) in [6, 6.07) is 0. The normalized spacial score (nSPS) is 11.1. The lowest BCUT2D eigenvalue weighted by atomic mass is 10.2. The van der Waals surface area contributed by atoms with Gasteiger partial charge in [0.25, 0.3) is 0 Å². The summed E-state index contributed by atoms with van der Waals surface area (Å²) in [5.74, 6) is 1.30. The van der Waals surface area contributed by atoms with Crippen LogP contribution in [0.3, 0.4) is 0 Å². The zero-order valence-electron chi connectivity index (χ0n) is 11.6. The Morgan fingerprint density at radius 1 is 1.28 bits per heavy atom. The standard InChI is InChI=1S/C13H24BrN3S/c1-11-13(14)12(17(2)16-11)10-15-8-6-4-5-7-9-18-3/h15H,4-10H2,1-3H3. The number of thioether (sulfide) groups is 1. The van der Waals surface area contributed by atoms with Crippen molar-refractivity contribution < 1.29 is 0 Å². The van der Waals surface area contributed by atoms with Crippen LogP contribution >= 0.6 is 27.7 Å². The molecule has 1 heterocycles. The van der Waals surface area contributed by atoms with Gasteiger partial charge in [-0.2, -0.15) is 16.9 Å². The van der Waals surface area contributed by atoms with Crippen molar-refractivity contribution in [1.29, 1.82) is 0 Å². The maximum Gasteiger partial charge on any atom is 0.0739 e. The fraction of sp³-hybridized carbons (Fsp3) is 0.769. The number of nitrogens with one attached hydrogen (secondary N) is 1. The molecule has 1 aromatic rings. The monoisotopic (exact) mass is 333 g/mol. The minimum Gasteiger partial charge on any atom is -0.311 e. The second kappa shape index (κ2) is 8.99. The van der Waals surface area contributed by atoms with E-state index in [-0.39, 0.29) is 0 Å². The maximum absolute atomic E-state index is 4.39. The van der Waals surface area contributed by atoms with Crippen LogP contribution in [0.15, 0.2) is 4.47 Å². The summed E-state index contributed by atoms with van der Waals surface area (Å²) < 4.78 is 3.09. The van der Waals surface area contributed by atoms with Gasteiger partial charge in [-0.3, -0.25) is 4.68 Å². The largest absolute Gasteiger partial charge is 0.311 e. The molecule has 0 atom stereocenters. The van der Waals surface area contributed by atoms with Crippen LogP contribution in [0, 0.1) is 6.92 Å². The predicted molar refractivity (Wildman–Crippen MR) is 84.2 cm³/mol. The zero-order valence-corrected chi connectivity index (χ0v) is 14.0. The van der Waals surface area contributed by atoms with E-state index in [1.165, 1.54) is 37.1 Å². The van der Waals surface area contributed by atoms with Crippen molar-refractivity contribution in [3.63, 3.8) is 0 Å². The predicted octanol–water partition coefficient (Wildman–Crippen LogP) is 3.50. The van der Waals surface area contributed by atoms with Gasteiger partial charge in [0.1, 0.15) is 0 Å². The third-order valence-electron chi connectivity index (χ3n) is 3.01. The van der Waals surface area contributed by atoms with Crippen LogP contribution in [0.4, 0.5) is 0 Å². The van der Waals surface area contributed by atoms with Gasteiger partial charge in [0, 0.05) is 13.6 Å². The van der Waals surface area contributed by atoms with Crippen LogP contribution in [0.5, 0.6) is 0 Å². The van der Waals surface area contributed by atoms with Gasteiger partial charge in [-0.1, -0.05) is 12.8 Å². The van der Waals surface area contributed by atoms with Crippen LogP contribution in [0.25, 0.3) is 0 Å². The van der Waals surface area contributed by atoms with Crippen LogP contribution in [-0.4, -0.2) is 28.3 Å². The number of aromatic nitrogens is 2. The highest BCUT2D eigenvalue weighted by molar-refractivity contribution is 9.10. The van der Waals surface area contributed by atoms with E-state index in [0.717, 1.165) is 23.3 Å². The average Bonchev–Trinajstić information content (AvgIpc) is 2.58. The number of hydrogen-bond acceptors (Lipinski definition) is 3. The summed E-state index contributed by atoms with van der Waals surface area (Å²) in [7, 11) is 2.00. The van der Waals surface area contributed by atoms with E-state index in [1.54, 1.807) is 0 Å². The van der Waals surface area contributed by atoms with E-state index >= 15 is 0 Å². The third kappa shape index (κ3) is 5.33. The second-order valence-corrected chi connectivity index (χ2v) is 6.33. The van der Waals surface area contributed by atoms with Gasteiger partial charge in [-0.25, -0.2) is 0 Å². The number of nitrogens with zero attached hydrogens (tertiary/aromatic N) is 2. The first-order chi connectivity index (χ1) is 8.66. The van der Waals surface area contributed by atoms with Crippen LogP contribution in [-0.2, 0) is 13.6 Å². The van der Waals surface area contributed by atoms with E-state index in [9.17, 15) is 0 Å². The van der Waals surface area contributed by atoms with E-state index in [2.05, 4.69) is 32.6 Å². The number of hydrogen-bond donors (Lipinski definition) is 1. The molecule has 1 aromatic heterocycles. The molecule has 0 fully saturated rings. The summed E-state index contributed by atoms with van der Waals surface area (Å²) in [6.07, 6.45) is 7.49. The van der Waals surface area contributed by atoms with E-state index in [4.69, 9.17) is 0 Å². The molecule has 3 nitrogen and oxygen atoms in total. The Morgan fingerprint density at radius 3 is 2.61 bits per heavy atom. The molecule has 0 saturated heterocycles. The van der Waals surface area contributed by atoms with Gasteiger partial charge in [-0.15, -0.1) is 0 Å². The van der Waals surface area contributed by atoms with Crippen molar-refractivity contribution in [3.8, 4) is 0 Å². The molecule has 0 radical (unpaired) electrons. The Morgan fingerprint density at radius 2 is 2.00 bits per heavy atom. The molecular formula is C13H24BrN3S. The third-order valence-corrected chi connectivity index (χ3v) is 4.73. The molecule has 0 bridgehead atoms. The minimum absolute atomic E-state index is 0.892. The second-order valence-electron chi connectivity index (χ2n) is 4.55. The first-order valence-electron chi connectivity index (χ1n) is 6.54. The lowest BCUT2D eigenvalue weighted by Gasteiger charge is -2.06. The maximum atomic E-state index is 4.39. The molecule has 5 heteroatoms. The molecule has 0 aliphatic carbocycles. The van der Waals surface area contributed by atoms with Gasteiger partial charge in [0.05, 0.1) is 15.9 Å². The Kier molecular flexibility index (Phi) is 8.02. The van der Waals surface area contributed by atoms with Crippen molar-refractivity contribution in [2.75, 3.05) is 18.6 Å². The summed E-state index contributed by atoms with van der Waals surface area (Å²) >= 11 is 5.53. The van der Waals surface area contributed by atoms with Crippen molar-refractivity contribution in [1.82, 2.24) is 15.1 Å². The molecule has 18 heavy (non-hydrogen) atoms. The molecule has 104 valence electrons. The van der Waals surface area contributed by atoms with Gasteiger partial charge in [-0.05, 0) is 54.2 Å². The first-order valence-corrected chi connectivity index (χ1v) is 8.73. The summed E-state index contributed by atoms with van der Waals surface area (Å²) in [4.78, 5) is 0. The fourth-order valence-electron chi connectivity index (χ4n) is 1.93. The molecule has 0 spiro atoms. The van der Waals surface area contributed by atoms with Crippen molar-refractivity contribution in [2.24, 2.45) is 7.05 Å². The molecule has 0 saturated carbocycles. The quantitative estimate of drug-likeness (QED) is 0.701. The van der Waals surface area contributed by atoms with Gasteiger partial charge in [0.15, 0.2) is 0 Å². The molecule has 0 unspecified atom stereocenters. The van der Waals surface area contributed by atoms with Gasteiger partial charge in [0.2, 0.25) is 0 Å². The molecule has 1 rings (SSSR count). The van der Waals surface area contributed by atoms with E-state index in [0.29, 0.717) is 0 Å². The lowest BCUT2D eigenvalue weighted by molar-refractivity contribution is 0.577. The Labute approximate surface area is 123 Å². The average molecular weight is 334 g/mol. The zero-order chi connectivity index (χ0) is 13.4. The molecular weight excluding hydrogens is 310 g/mol. The van der Waals surface area contributed by atoms with E-state index < -0.39 is 0 Å². The van der Waals surface area contributed by atoms with E-state index in [1.807, 2.05) is 30.4 Å². The number of aryl methyl sites for hydroxylation is 2. The van der Waals surface area contributed by atoms with Gasteiger partial charge < -0.3 is 5.32 Å². The highest BCUT2D eigenvalue weighted by atomic mass is 79.9. The SMILES string of the molecule is CSCCCCCCNCc1c(Br)c(C)nn1C. The van der Waals surface area contributed by atoms with Crippen molar-refractivity contribution in [2.45, 2.75) is 39.2 Å². The lowest BCUT2D eigenvalue weighted by Crippen LogP contribution is -2.17. The fourth-order valence-corrected chi connectivity index (χ4v) is 2.90. The Balaban J connectivity index is 2.11. The highest BCUT2D eigenvalue weighted by Crippen LogP contribution is 2.19. The molecule has 0 amide bonds. The van der Waals surface area contributed by atoms with Crippen LogP contribution < -0.4 is 5.32 Å². The Bertz CT molecular complexity index is 352. The molecule has 1 N–H and O–H groups in total. The number of halogens is 1.